The Morgan fingerprint density at radius 2 is 2.25 bits per heavy atom. The summed E-state index contributed by atoms with van der Waals surface area (Å²) in [5.41, 5.74) is 0. The average Bonchev–Trinajstić information content (AvgIpc) is 2.96. The van der Waals surface area contributed by atoms with Gasteiger partial charge in [-0.3, -0.25) is 9.59 Å². The number of hydrogen-bond acceptors (Lipinski definition) is 4. The zero-order chi connectivity index (χ0) is 14.4. The van der Waals surface area contributed by atoms with Gasteiger partial charge in [-0.1, -0.05) is 12.5 Å². The van der Waals surface area contributed by atoms with Crippen LogP contribution in [0, 0.1) is 5.92 Å². The number of carboxylic acids is 1. The molecule has 1 aromatic rings. The quantitative estimate of drug-likeness (QED) is 0.745. The molecule has 1 fully saturated rings. The zero-order valence-corrected chi connectivity index (χ0v) is 12.1. The van der Waals surface area contributed by atoms with Gasteiger partial charge in [0.25, 0.3) is 0 Å². The van der Waals surface area contributed by atoms with Gasteiger partial charge in [0.05, 0.1) is 19.0 Å². The van der Waals surface area contributed by atoms with Crippen molar-refractivity contribution in [2.75, 3.05) is 6.54 Å². The second-order valence-electron chi connectivity index (χ2n) is 5.14. The third-order valence-electron chi connectivity index (χ3n) is 3.61. The Labute approximate surface area is 122 Å². The molecular weight excluding hydrogens is 276 g/mol. The molecule has 20 heavy (non-hydrogen) atoms. The molecule has 1 aromatic heterocycles. The summed E-state index contributed by atoms with van der Waals surface area (Å²) in [4.78, 5) is 23.8. The van der Waals surface area contributed by atoms with Gasteiger partial charge in [0.2, 0.25) is 5.91 Å². The smallest absolute Gasteiger partial charge is 0.306 e. The van der Waals surface area contributed by atoms with Crippen LogP contribution in [0.1, 0.15) is 30.6 Å². The second kappa shape index (κ2) is 7.40. The Morgan fingerprint density at radius 3 is 2.95 bits per heavy atom. The summed E-state index contributed by atoms with van der Waals surface area (Å²) in [5.74, 6) is -1.04. The molecular formula is C14H20N2O3S. The van der Waals surface area contributed by atoms with E-state index in [1.165, 1.54) is 0 Å². The Kier molecular flexibility index (Phi) is 5.55. The average molecular weight is 296 g/mol. The van der Waals surface area contributed by atoms with Crippen molar-refractivity contribution in [3.63, 3.8) is 0 Å². The van der Waals surface area contributed by atoms with Crippen LogP contribution in [0.2, 0.25) is 0 Å². The molecule has 1 aliphatic rings. The van der Waals surface area contributed by atoms with Crippen LogP contribution in [0.5, 0.6) is 0 Å². The first-order valence-corrected chi connectivity index (χ1v) is 7.78. The molecule has 2 atom stereocenters. The predicted molar refractivity (Wildman–Crippen MR) is 77.6 cm³/mol. The molecule has 0 radical (unpaired) electrons. The maximum Gasteiger partial charge on any atom is 0.306 e. The van der Waals surface area contributed by atoms with Crippen LogP contribution >= 0.6 is 11.3 Å². The van der Waals surface area contributed by atoms with E-state index in [1.807, 2.05) is 17.5 Å². The van der Waals surface area contributed by atoms with Gasteiger partial charge >= 0.3 is 5.97 Å². The van der Waals surface area contributed by atoms with Gasteiger partial charge in [0, 0.05) is 10.9 Å². The lowest BCUT2D eigenvalue weighted by Gasteiger charge is -2.27. The number of rotatable bonds is 6. The van der Waals surface area contributed by atoms with Crippen LogP contribution < -0.4 is 10.6 Å². The highest BCUT2D eigenvalue weighted by Crippen LogP contribution is 2.24. The molecule has 1 amide bonds. The van der Waals surface area contributed by atoms with Gasteiger partial charge in [-0.2, -0.15) is 0 Å². The van der Waals surface area contributed by atoms with Crippen LogP contribution in [0.3, 0.4) is 0 Å². The van der Waals surface area contributed by atoms with Crippen molar-refractivity contribution in [3.8, 4) is 0 Å². The first kappa shape index (κ1) is 15.0. The summed E-state index contributed by atoms with van der Waals surface area (Å²) in [6, 6.07) is 4.08. The standard InChI is InChI=1S/C14H20N2O3S/c17-13(16-8-12-5-2-6-20-12)9-15-11-4-1-3-10(7-11)14(18)19/h2,5-6,10-11,15H,1,3-4,7-9H2,(H,16,17)(H,18,19). The summed E-state index contributed by atoms with van der Waals surface area (Å²) in [6.07, 6.45) is 3.22. The van der Waals surface area contributed by atoms with E-state index in [0.717, 1.165) is 24.1 Å². The molecule has 1 heterocycles. The van der Waals surface area contributed by atoms with E-state index in [2.05, 4.69) is 10.6 Å². The number of hydrogen-bond donors (Lipinski definition) is 3. The lowest BCUT2D eigenvalue weighted by molar-refractivity contribution is -0.143. The Balaban J connectivity index is 1.66. The number of carboxylic acid groups (broad SMARTS) is 1. The van der Waals surface area contributed by atoms with Crippen molar-refractivity contribution in [1.29, 1.82) is 0 Å². The van der Waals surface area contributed by atoms with Crippen molar-refractivity contribution in [3.05, 3.63) is 22.4 Å². The van der Waals surface area contributed by atoms with Crippen molar-refractivity contribution in [2.45, 2.75) is 38.3 Å². The summed E-state index contributed by atoms with van der Waals surface area (Å²) in [5, 5.41) is 17.0. The van der Waals surface area contributed by atoms with Crippen LogP contribution in [-0.2, 0) is 16.1 Å². The minimum absolute atomic E-state index is 0.0455. The first-order chi connectivity index (χ1) is 9.65. The highest BCUT2D eigenvalue weighted by Gasteiger charge is 2.26. The minimum atomic E-state index is -0.723. The van der Waals surface area contributed by atoms with Crippen LogP contribution in [0.25, 0.3) is 0 Å². The van der Waals surface area contributed by atoms with E-state index >= 15 is 0 Å². The van der Waals surface area contributed by atoms with Gasteiger partial charge in [-0.05, 0) is 30.7 Å². The number of amides is 1. The molecule has 2 rings (SSSR count). The molecule has 0 aromatic carbocycles. The van der Waals surface area contributed by atoms with Crippen LogP contribution in [-0.4, -0.2) is 29.6 Å². The zero-order valence-electron chi connectivity index (χ0n) is 11.3. The second-order valence-corrected chi connectivity index (χ2v) is 6.17. The SMILES string of the molecule is O=C(CNC1CCCC(C(=O)O)C1)NCc1cccs1. The molecule has 2 unspecified atom stereocenters. The first-order valence-electron chi connectivity index (χ1n) is 6.90. The molecule has 0 spiro atoms. The van der Waals surface area contributed by atoms with E-state index in [-0.39, 0.29) is 24.4 Å². The Morgan fingerprint density at radius 1 is 1.40 bits per heavy atom. The van der Waals surface area contributed by atoms with Crippen LogP contribution in [0.4, 0.5) is 0 Å². The molecule has 0 saturated heterocycles. The number of carbonyl (C=O) groups excluding carboxylic acids is 1. The minimum Gasteiger partial charge on any atom is -0.481 e. The third kappa shape index (κ3) is 4.61. The Hall–Kier alpha value is -1.40. The molecule has 110 valence electrons. The maximum absolute atomic E-state index is 11.7. The fourth-order valence-corrected chi connectivity index (χ4v) is 3.14. The summed E-state index contributed by atoms with van der Waals surface area (Å²) in [6.45, 7) is 0.809. The topological polar surface area (TPSA) is 78.4 Å². The van der Waals surface area contributed by atoms with Gasteiger partial charge in [0.15, 0.2) is 0 Å². The number of nitrogens with one attached hydrogen (secondary N) is 2. The molecule has 1 aliphatic carbocycles. The van der Waals surface area contributed by atoms with Gasteiger partial charge < -0.3 is 15.7 Å². The molecule has 6 heteroatoms. The normalized spacial score (nSPS) is 22.4. The lowest BCUT2D eigenvalue weighted by Crippen LogP contribution is -2.42. The van der Waals surface area contributed by atoms with Crippen molar-refractivity contribution in [1.82, 2.24) is 10.6 Å². The molecule has 0 aliphatic heterocycles. The fraction of sp³-hybridized carbons (Fsp3) is 0.571. The highest BCUT2D eigenvalue weighted by molar-refractivity contribution is 7.09. The van der Waals surface area contributed by atoms with E-state index in [9.17, 15) is 9.59 Å². The van der Waals surface area contributed by atoms with Gasteiger partial charge in [-0.25, -0.2) is 0 Å². The Bertz CT molecular complexity index is 447. The van der Waals surface area contributed by atoms with E-state index < -0.39 is 5.97 Å². The van der Waals surface area contributed by atoms with E-state index in [0.29, 0.717) is 13.0 Å². The van der Waals surface area contributed by atoms with E-state index in [1.54, 1.807) is 11.3 Å². The number of carbonyl (C=O) groups is 2. The van der Waals surface area contributed by atoms with Gasteiger partial charge in [0.1, 0.15) is 0 Å². The number of aliphatic carboxylic acids is 1. The van der Waals surface area contributed by atoms with Crippen molar-refractivity contribution in [2.24, 2.45) is 5.92 Å². The summed E-state index contributed by atoms with van der Waals surface area (Å²) >= 11 is 1.61. The summed E-state index contributed by atoms with van der Waals surface area (Å²) < 4.78 is 0. The molecule has 0 bridgehead atoms. The van der Waals surface area contributed by atoms with Crippen LogP contribution in [0.15, 0.2) is 17.5 Å². The monoisotopic (exact) mass is 296 g/mol. The number of thiophene rings is 1. The van der Waals surface area contributed by atoms with E-state index in [4.69, 9.17) is 5.11 Å². The fourth-order valence-electron chi connectivity index (χ4n) is 2.50. The molecule has 3 N–H and O–H groups in total. The predicted octanol–water partition coefficient (Wildman–Crippen LogP) is 1.60. The highest BCUT2D eigenvalue weighted by atomic mass is 32.1. The molecule has 5 nitrogen and oxygen atoms in total. The maximum atomic E-state index is 11.7. The third-order valence-corrected chi connectivity index (χ3v) is 4.49. The molecule has 1 saturated carbocycles. The lowest BCUT2D eigenvalue weighted by atomic mass is 9.86. The van der Waals surface area contributed by atoms with Crippen molar-refractivity contribution < 1.29 is 14.7 Å². The summed E-state index contributed by atoms with van der Waals surface area (Å²) in [7, 11) is 0. The van der Waals surface area contributed by atoms with Gasteiger partial charge in [-0.15, -0.1) is 11.3 Å². The van der Waals surface area contributed by atoms with Crippen molar-refractivity contribution >= 4 is 23.2 Å². The largest absolute Gasteiger partial charge is 0.481 e.